The number of aromatic nitrogens is 1. The number of ketones is 1. The van der Waals surface area contributed by atoms with Gasteiger partial charge < -0.3 is 4.90 Å². The van der Waals surface area contributed by atoms with Gasteiger partial charge in [0.2, 0.25) is 0 Å². The Morgan fingerprint density at radius 2 is 1.85 bits per heavy atom. The standard InChI is InChI=1S/C20H19F3N2O/c1-4-18(26)15-7-9-17(10-8-15)25(3)19(20(21,22)23)12-14(2)16-6-5-11-24-13-16/h5-13H,2,4H2,1,3H3/b19-12-. The van der Waals surface area contributed by atoms with Crippen molar-refractivity contribution in [3.8, 4) is 0 Å². The summed E-state index contributed by atoms with van der Waals surface area (Å²) in [7, 11) is 1.33. The lowest BCUT2D eigenvalue weighted by Crippen LogP contribution is -2.28. The minimum absolute atomic E-state index is 0.0595. The number of allylic oxidation sites excluding steroid dienone is 3. The maximum absolute atomic E-state index is 13.6. The summed E-state index contributed by atoms with van der Waals surface area (Å²) in [5.41, 5.74) is 0.643. The van der Waals surface area contributed by atoms with Crippen LogP contribution in [0.4, 0.5) is 18.9 Å². The summed E-state index contributed by atoms with van der Waals surface area (Å²) in [4.78, 5) is 16.6. The molecule has 0 aliphatic rings. The molecule has 0 aliphatic carbocycles. The Bertz CT molecular complexity index is 809. The van der Waals surface area contributed by atoms with E-state index in [-0.39, 0.29) is 11.4 Å². The minimum Gasteiger partial charge on any atom is -0.341 e. The Balaban J connectivity index is 2.36. The third kappa shape index (κ3) is 4.59. The Morgan fingerprint density at radius 3 is 2.35 bits per heavy atom. The normalized spacial score (nSPS) is 12.0. The number of pyridine rings is 1. The van der Waals surface area contributed by atoms with E-state index in [0.29, 0.717) is 23.2 Å². The smallest absolute Gasteiger partial charge is 0.341 e. The summed E-state index contributed by atoms with van der Waals surface area (Å²) in [6.07, 6.45) is -0.248. The van der Waals surface area contributed by atoms with E-state index in [1.165, 1.54) is 43.7 Å². The minimum atomic E-state index is -4.57. The van der Waals surface area contributed by atoms with E-state index in [0.717, 1.165) is 11.0 Å². The fourth-order valence-corrected chi connectivity index (χ4v) is 2.38. The maximum Gasteiger partial charge on any atom is 0.431 e. The van der Waals surface area contributed by atoms with Crippen molar-refractivity contribution < 1.29 is 18.0 Å². The molecule has 0 bridgehead atoms. The Hall–Kier alpha value is -2.89. The number of carbonyl (C=O) groups excluding carboxylic acids is 1. The number of nitrogens with zero attached hydrogens (tertiary/aromatic N) is 2. The summed E-state index contributed by atoms with van der Waals surface area (Å²) in [5.74, 6) is -0.0595. The number of hydrogen-bond donors (Lipinski definition) is 0. The summed E-state index contributed by atoms with van der Waals surface area (Å²) >= 11 is 0. The van der Waals surface area contributed by atoms with Gasteiger partial charge in [-0.2, -0.15) is 13.2 Å². The van der Waals surface area contributed by atoms with Crippen LogP contribution in [0.1, 0.15) is 29.3 Å². The lowest BCUT2D eigenvalue weighted by atomic mass is 10.1. The zero-order chi connectivity index (χ0) is 19.3. The molecule has 0 spiro atoms. The van der Waals surface area contributed by atoms with Gasteiger partial charge in [0.15, 0.2) is 5.78 Å². The SMILES string of the molecule is C=C(/C=C(\N(C)c1ccc(C(=O)CC)cc1)C(F)(F)F)c1cccnc1. The number of benzene rings is 1. The third-order valence-electron chi connectivity index (χ3n) is 3.89. The quantitative estimate of drug-likeness (QED) is 0.520. The van der Waals surface area contributed by atoms with Crippen LogP contribution in [0.15, 0.2) is 67.1 Å². The molecule has 0 saturated carbocycles. The summed E-state index contributed by atoms with van der Waals surface area (Å²) in [5, 5.41) is 0. The first-order valence-electron chi connectivity index (χ1n) is 7.99. The zero-order valence-electron chi connectivity index (χ0n) is 14.5. The first-order valence-corrected chi connectivity index (χ1v) is 7.99. The van der Waals surface area contributed by atoms with Crippen LogP contribution >= 0.6 is 0 Å². The van der Waals surface area contributed by atoms with Crippen LogP contribution in [0.25, 0.3) is 5.57 Å². The predicted molar refractivity (Wildman–Crippen MR) is 96.9 cm³/mol. The number of carbonyl (C=O) groups is 1. The lowest BCUT2D eigenvalue weighted by Gasteiger charge is -2.25. The van der Waals surface area contributed by atoms with Gasteiger partial charge in [0.25, 0.3) is 0 Å². The molecule has 6 heteroatoms. The number of hydrogen-bond acceptors (Lipinski definition) is 3. The molecule has 1 heterocycles. The molecule has 0 amide bonds. The summed E-state index contributed by atoms with van der Waals surface area (Å²) < 4.78 is 40.7. The van der Waals surface area contributed by atoms with Crippen molar-refractivity contribution in [3.05, 3.63) is 78.3 Å². The van der Waals surface area contributed by atoms with Crippen LogP contribution in [-0.2, 0) is 0 Å². The number of halogens is 3. The van der Waals surface area contributed by atoms with E-state index in [2.05, 4.69) is 11.6 Å². The van der Waals surface area contributed by atoms with E-state index in [9.17, 15) is 18.0 Å². The van der Waals surface area contributed by atoms with Crippen molar-refractivity contribution in [3.63, 3.8) is 0 Å². The van der Waals surface area contributed by atoms with E-state index in [1.54, 1.807) is 19.1 Å². The van der Waals surface area contributed by atoms with Crippen molar-refractivity contribution in [1.29, 1.82) is 0 Å². The molecule has 2 aromatic rings. The molecule has 26 heavy (non-hydrogen) atoms. The molecule has 0 unspecified atom stereocenters. The first-order chi connectivity index (χ1) is 12.2. The van der Waals surface area contributed by atoms with Crippen LogP contribution < -0.4 is 4.90 Å². The molecule has 0 N–H and O–H groups in total. The second-order valence-electron chi connectivity index (χ2n) is 5.68. The zero-order valence-corrected chi connectivity index (χ0v) is 14.5. The highest BCUT2D eigenvalue weighted by Gasteiger charge is 2.37. The second kappa shape index (κ2) is 7.99. The van der Waals surface area contributed by atoms with Gasteiger partial charge in [-0.15, -0.1) is 0 Å². The van der Waals surface area contributed by atoms with Gasteiger partial charge >= 0.3 is 6.18 Å². The summed E-state index contributed by atoms with van der Waals surface area (Å²) in [6, 6.07) is 9.33. The van der Waals surface area contributed by atoms with Crippen LogP contribution in [0.2, 0.25) is 0 Å². The van der Waals surface area contributed by atoms with Crippen LogP contribution in [0, 0.1) is 0 Å². The van der Waals surface area contributed by atoms with Gasteiger partial charge in [0.1, 0.15) is 5.70 Å². The first kappa shape index (κ1) is 19.4. The monoisotopic (exact) mass is 360 g/mol. The topological polar surface area (TPSA) is 33.2 Å². The van der Waals surface area contributed by atoms with Gasteiger partial charge in [-0.25, -0.2) is 0 Å². The fourth-order valence-electron chi connectivity index (χ4n) is 2.38. The Kier molecular flexibility index (Phi) is 5.97. The van der Waals surface area contributed by atoms with Crippen molar-refractivity contribution >= 4 is 17.0 Å². The molecule has 0 atom stereocenters. The van der Waals surface area contributed by atoms with Gasteiger partial charge in [-0.1, -0.05) is 19.6 Å². The van der Waals surface area contributed by atoms with E-state index >= 15 is 0 Å². The molecule has 0 saturated heterocycles. The van der Waals surface area contributed by atoms with Crippen molar-refractivity contribution in [2.45, 2.75) is 19.5 Å². The average molecular weight is 360 g/mol. The Morgan fingerprint density at radius 1 is 1.19 bits per heavy atom. The van der Waals surface area contributed by atoms with Crippen molar-refractivity contribution in [2.24, 2.45) is 0 Å². The van der Waals surface area contributed by atoms with Crippen LogP contribution in [-0.4, -0.2) is 24.0 Å². The Labute approximate surface area is 150 Å². The highest BCUT2D eigenvalue weighted by Crippen LogP contribution is 2.33. The molecule has 3 nitrogen and oxygen atoms in total. The predicted octanol–water partition coefficient (Wildman–Crippen LogP) is 5.27. The van der Waals surface area contributed by atoms with Crippen LogP contribution in [0.5, 0.6) is 0 Å². The molecular weight excluding hydrogens is 341 g/mol. The molecule has 1 aromatic heterocycles. The molecule has 136 valence electrons. The van der Waals surface area contributed by atoms with Crippen LogP contribution in [0.3, 0.4) is 0 Å². The van der Waals surface area contributed by atoms with Gasteiger partial charge in [-0.05, 0) is 47.5 Å². The molecular formula is C20H19F3N2O. The molecule has 0 radical (unpaired) electrons. The lowest BCUT2D eigenvalue weighted by molar-refractivity contribution is -0.0928. The molecule has 0 fully saturated rings. The van der Waals surface area contributed by atoms with Crippen molar-refractivity contribution in [2.75, 3.05) is 11.9 Å². The molecule has 2 rings (SSSR count). The highest BCUT2D eigenvalue weighted by molar-refractivity contribution is 5.96. The number of alkyl halides is 3. The largest absolute Gasteiger partial charge is 0.431 e. The van der Waals surface area contributed by atoms with E-state index < -0.39 is 11.9 Å². The molecule has 0 aliphatic heterocycles. The number of Topliss-reactive ketones (excluding diaryl/α,β-unsaturated/α-hetero) is 1. The van der Waals surface area contributed by atoms with Gasteiger partial charge in [-0.3, -0.25) is 9.78 Å². The number of rotatable bonds is 6. The van der Waals surface area contributed by atoms with Gasteiger partial charge in [0, 0.05) is 37.1 Å². The van der Waals surface area contributed by atoms with E-state index in [4.69, 9.17) is 0 Å². The van der Waals surface area contributed by atoms with E-state index in [1.807, 2.05) is 0 Å². The summed E-state index contributed by atoms with van der Waals surface area (Å²) in [6.45, 7) is 5.45. The second-order valence-corrected chi connectivity index (χ2v) is 5.68. The molecule has 1 aromatic carbocycles. The highest BCUT2D eigenvalue weighted by atomic mass is 19.4. The van der Waals surface area contributed by atoms with Crippen molar-refractivity contribution in [1.82, 2.24) is 4.98 Å². The maximum atomic E-state index is 13.6. The average Bonchev–Trinajstić information content (AvgIpc) is 2.64. The fraction of sp³-hybridized carbons (Fsp3) is 0.200. The third-order valence-corrected chi connectivity index (χ3v) is 3.89. The van der Waals surface area contributed by atoms with Gasteiger partial charge in [0.05, 0.1) is 0 Å². The number of anilines is 1.